The van der Waals surface area contributed by atoms with Gasteiger partial charge in [0.25, 0.3) is 5.91 Å². The van der Waals surface area contributed by atoms with E-state index in [1.807, 2.05) is 32.0 Å². The monoisotopic (exact) mass is 389 g/mol. The molecule has 5 heterocycles. The standard InChI is InChI=1S/C20H19N7O2/c1-12-10-17-22-15(11-13(2)27(17)24-12)20(28)26-9-3-4-16(26)19-23-18(25-29-19)14-5-7-21-8-6-14/h5-8,10-11,16H,3-4,9H2,1-2H3/t16-/m0/s1. The number of pyridine rings is 1. The average molecular weight is 389 g/mol. The van der Waals surface area contributed by atoms with Crippen molar-refractivity contribution in [3.63, 3.8) is 0 Å². The number of aryl methyl sites for hydroxylation is 2. The van der Waals surface area contributed by atoms with E-state index in [9.17, 15) is 4.79 Å². The van der Waals surface area contributed by atoms with Gasteiger partial charge in [0.15, 0.2) is 5.65 Å². The van der Waals surface area contributed by atoms with Gasteiger partial charge in [0.2, 0.25) is 11.7 Å². The molecule has 1 aliphatic rings. The van der Waals surface area contributed by atoms with Crippen LogP contribution in [0.25, 0.3) is 17.0 Å². The van der Waals surface area contributed by atoms with E-state index in [1.165, 1.54) is 0 Å². The topological polar surface area (TPSA) is 102 Å². The molecule has 1 fully saturated rings. The molecule has 0 spiro atoms. The number of carbonyl (C=O) groups excluding carboxylic acids is 1. The molecule has 0 unspecified atom stereocenters. The zero-order chi connectivity index (χ0) is 20.0. The van der Waals surface area contributed by atoms with Crippen molar-refractivity contribution in [2.24, 2.45) is 0 Å². The van der Waals surface area contributed by atoms with Gasteiger partial charge in [0.1, 0.15) is 11.7 Å². The summed E-state index contributed by atoms with van der Waals surface area (Å²) in [5.74, 6) is 0.799. The molecule has 0 N–H and O–H groups in total. The summed E-state index contributed by atoms with van der Waals surface area (Å²) in [6, 6.07) is 7.02. The van der Waals surface area contributed by atoms with Crippen LogP contribution in [-0.4, -0.2) is 47.1 Å². The molecule has 0 bridgehead atoms. The molecule has 9 nitrogen and oxygen atoms in total. The van der Waals surface area contributed by atoms with E-state index >= 15 is 0 Å². The van der Waals surface area contributed by atoms with Gasteiger partial charge in [0.05, 0.1) is 5.69 Å². The minimum Gasteiger partial charge on any atom is -0.337 e. The van der Waals surface area contributed by atoms with Crippen LogP contribution in [-0.2, 0) is 0 Å². The first-order valence-electron chi connectivity index (χ1n) is 9.49. The number of nitrogens with zero attached hydrogens (tertiary/aromatic N) is 7. The van der Waals surface area contributed by atoms with Gasteiger partial charge in [-0.3, -0.25) is 9.78 Å². The number of rotatable bonds is 3. The third kappa shape index (κ3) is 3.04. The fourth-order valence-corrected chi connectivity index (χ4v) is 3.75. The van der Waals surface area contributed by atoms with Crippen LogP contribution in [0, 0.1) is 13.8 Å². The zero-order valence-electron chi connectivity index (χ0n) is 16.1. The van der Waals surface area contributed by atoms with Gasteiger partial charge in [0, 0.05) is 36.3 Å². The number of aromatic nitrogens is 6. The summed E-state index contributed by atoms with van der Waals surface area (Å²) in [7, 11) is 0. The molecule has 0 aromatic carbocycles. The van der Waals surface area contributed by atoms with Crippen LogP contribution in [0.4, 0.5) is 0 Å². The van der Waals surface area contributed by atoms with E-state index in [1.54, 1.807) is 27.9 Å². The summed E-state index contributed by atoms with van der Waals surface area (Å²) < 4.78 is 7.25. The van der Waals surface area contributed by atoms with Crippen molar-refractivity contribution in [1.29, 1.82) is 0 Å². The van der Waals surface area contributed by atoms with Crippen molar-refractivity contribution in [3.05, 3.63) is 59.6 Å². The molecule has 4 aromatic rings. The Morgan fingerprint density at radius 3 is 2.83 bits per heavy atom. The predicted octanol–water partition coefficient (Wildman–Crippen LogP) is 2.77. The summed E-state index contributed by atoms with van der Waals surface area (Å²) in [6.45, 7) is 4.45. The Balaban J connectivity index is 1.45. The minimum atomic E-state index is -0.254. The van der Waals surface area contributed by atoms with Crippen LogP contribution < -0.4 is 0 Å². The highest BCUT2D eigenvalue weighted by Crippen LogP contribution is 2.33. The number of amides is 1. The van der Waals surface area contributed by atoms with Gasteiger partial charge in [-0.1, -0.05) is 5.16 Å². The molecule has 1 saturated heterocycles. The van der Waals surface area contributed by atoms with Crippen LogP contribution in [0.3, 0.4) is 0 Å². The Kier molecular flexibility index (Phi) is 4.08. The van der Waals surface area contributed by atoms with Crippen molar-refractivity contribution in [1.82, 2.24) is 34.6 Å². The minimum absolute atomic E-state index is 0.138. The first-order valence-corrected chi connectivity index (χ1v) is 9.49. The molecule has 1 atom stereocenters. The lowest BCUT2D eigenvalue weighted by atomic mass is 10.2. The highest BCUT2D eigenvalue weighted by atomic mass is 16.5. The highest BCUT2D eigenvalue weighted by molar-refractivity contribution is 5.93. The zero-order valence-corrected chi connectivity index (χ0v) is 16.1. The lowest BCUT2D eigenvalue weighted by molar-refractivity contribution is 0.0704. The molecule has 5 rings (SSSR count). The van der Waals surface area contributed by atoms with Crippen LogP contribution in [0.15, 0.2) is 41.2 Å². The quantitative estimate of drug-likeness (QED) is 0.531. The molecule has 0 radical (unpaired) electrons. The van der Waals surface area contributed by atoms with Gasteiger partial charge >= 0.3 is 0 Å². The average Bonchev–Trinajstić information content (AvgIpc) is 3.46. The molecule has 0 aliphatic carbocycles. The maximum atomic E-state index is 13.2. The van der Waals surface area contributed by atoms with Gasteiger partial charge in [-0.15, -0.1) is 0 Å². The molecule has 1 amide bonds. The Morgan fingerprint density at radius 1 is 1.17 bits per heavy atom. The molecule has 9 heteroatoms. The summed E-state index contributed by atoms with van der Waals surface area (Å²) in [6.07, 6.45) is 5.01. The fraction of sp³-hybridized carbons (Fsp3) is 0.300. The Morgan fingerprint density at radius 2 is 2.00 bits per heavy atom. The number of hydrogen-bond donors (Lipinski definition) is 0. The molecular weight excluding hydrogens is 370 g/mol. The smallest absolute Gasteiger partial charge is 0.273 e. The maximum absolute atomic E-state index is 13.2. The second kappa shape index (κ2) is 6.77. The van der Waals surface area contributed by atoms with Gasteiger partial charge < -0.3 is 9.42 Å². The third-order valence-electron chi connectivity index (χ3n) is 5.13. The van der Waals surface area contributed by atoms with Gasteiger partial charge in [-0.2, -0.15) is 10.1 Å². The van der Waals surface area contributed by atoms with E-state index in [2.05, 4.69) is 25.2 Å². The molecule has 1 aliphatic heterocycles. The molecule has 29 heavy (non-hydrogen) atoms. The third-order valence-corrected chi connectivity index (χ3v) is 5.13. The van der Waals surface area contributed by atoms with Crippen LogP contribution in [0.1, 0.15) is 46.7 Å². The predicted molar refractivity (Wildman–Crippen MR) is 103 cm³/mol. The van der Waals surface area contributed by atoms with E-state index in [-0.39, 0.29) is 11.9 Å². The maximum Gasteiger partial charge on any atom is 0.273 e. The number of carbonyl (C=O) groups is 1. The molecular formula is C20H19N7O2. The van der Waals surface area contributed by atoms with E-state index in [0.29, 0.717) is 29.6 Å². The first kappa shape index (κ1) is 17.5. The second-order valence-electron chi connectivity index (χ2n) is 7.19. The fourth-order valence-electron chi connectivity index (χ4n) is 3.75. The first-order chi connectivity index (χ1) is 14.1. The van der Waals surface area contributed by atoms with Crippen LogP contribution >= 0.6 is 0 Å². The second-order valence-corrected chi connectivity index (χ2v) is 7.19. The van der Waals surface area contributed by atoms with Crippen molar-refractivity contribution in [2.75, 3.05) is 6.54 Å². The summed E-state index contributed by atoms with van der Waals surface area (Å²) in [5.41, 5.74) is 3.61. The highest BCUT2D eigenvalue weighted by Gasteiger charge is 2.35. The van der Waals surface area contributed by atoms with E-state index in [4.69, 9.17) is 4.52 Å². The number of fused-ring (bicyclic) bond motifs is 1. The SMILES string of the molecule is Cc1cc2nc(C(=O)N3CCC[C@H]3c3nc(-c4ccncc4)no3)cc(C)n2n1. The lowest BCUT2D eigenvalue weighted by Gasteiger charge is -2.21. The Labute approximate surface area is 166 Å². The molecule has 0 saturated carbocycles. The summed E-state index contributed by atoms with van der Waals surface area (Å²) in [5, 5.41) is 8.47. The van der Waals surface area contributed by atoms with E-state index in [0.717, 1.165) is 29.8 Å². The largest absolute Gasteiger partial charge is 0.337 e. The summed E-state index contributed by atoms with van der Waals surface area (Å²) in [4.78, 5) is 28.1. The van der Waals surface area contributed by atoms with E-state index < -0.39 is 0 Å². The van der Waals surface area contributed by atoms with Crippen molar-refractivity contribution in [3.8, 4) is 11.4 Å². The normalized spacial score (nSPS) is 16.6. The van der Waals surface area contributed by atoms with Crippen molar-refractivity contribution >= 4 is 11.6 Å². The van der Waals surface area contributed by atoms with Crippen molar-refractivity contribution < 1.29 is 9.32 Å². The van der Waals surface area contributed by atoms with Crippen molar-refractivity contribution in [2.45, 2.75) is 32.7 Å². The van der Waals surface area contributed by atoms with Gasteiger partial charge in [-0.25, -0.2) is 9.50 Å². The van der Waals surface area contributed by atoms with Gasteiger partial charge in [-0.05, 0) is 44.9 Å². The van der Waals surface area contributed by atoms with Crippen LogP contribution in [0.2, 0.25) is 0 Å². The summed E-state index contributed by atoms with van der Waals surface area (Å²) >= 11 is 0. The number of likely N-dealkylation sites (tertiary alicyclic amines) is 1. The molecule has 4 aromatic heterocycles. The Bertz CT molecular complexity index is 1200. The number of hydrogen-bond acceptors (Lipinski definition) is 7. The lowest BCUT2D eigenvalue weighted by Crippen LogP contribution is -2.31. The van der Waals surface area contributed by atoms with Crippen LogP contribution in [0.5, 0.6) is 0 Å². The Hall–Kier alpha value is -3.62. The molecule has 146 valence electrons.